The summed E-state index contributed by atoms with van der Waals surface area (Å²) in [7, 11) is 0. The maximum Gasteiger partial charge on any atom is 0.244 e. The number of aryl methyl sites for hydroxylation is 1. The fraction of sp³-hybridized carbons (Fsp3) is 0.636. The first-order valence-corrected chi connectivity index (χ1v) is 5.74. The molecule has 1 aromatic heterocycles. The highest BCUT2D eigenvalue weighted by atomic mass is 35.5. The summed E-state index contributed by atoms with van der Waals surface area (Å²) in [6.07, 6.45) is 0. The molecule has 0 spiro atoms. The van der Waals surface area contributed by atoms with Crippen molar-refractivity contribution in [1.82, 2.24) is 15.1 Å². The summed E-state index contributed by atoms with van der Waals surface area (Å²) >= 11 is 6.04. The Morgan fingerprint density at radius 1 is 1.38 bits per heavy atom. The highest BCUT2D eigenvalue weighted by Gasteiger charge is 2.20. The summed E-state index contributed by atoms with van der Waals surface area (Å²) in [6.45, 7) is 9.37. The molecule has 0 aliphatic carbocycles. The minimum atomic E-state index is -0.339. The number of nitrogens with zero attached hydrogens (tertiary/aromatic N) is 2. The molecule has 1 heterocycles. The number of rotatable bonds is 3. The van der Waals surface area contributed by atoms with Gasteiger partial charge < -0.3 is 5.32 Å². The Morgan fingerprint density at radius 2 is 1.94 bits per heavy atom. The van der Waals surface area contributed by atoms with Crippen LogP contribution in [-0.4, -0.2) is 21.7 Å². The van der Waals surface area contributed by atoms with Gasteiger partial charge in [0.25, 0.3) is 0 Å². The molecule has 0 bridgehead atoms. The van der Waals surface area contributed by atoms with E-state index >= 15 is 0 Å². The number of hydrogen-bond acceptors (Lipinski definition) is 2. The van der Waals surface area contributed by atoms with Gasteiger partial charge in [-0.2, -0.15) is 5.10 Å². The van der Waals surface area contributed by atoms with Gasteiger partial charge in [0.2, 0.25) is 5.91 Å². The average molecular weight is 244 g/mol. The molecule has 5 heteroatoms. The van der Waals surface area contributed by atoms with Crippen molar-refractivity contribution in [2.75, 3.05) is 0 Å². The lowest BCUT2D eigenvalue weighted by atomic mass is 10.2. The highest BCUT2D eigenvalue weighted by Crippen LogP contribution is 2.22. The maximum atomic E-state index is 11.8. The van der Waals surface area contributed by atoms with Crippen LogP contribution in [0.5, 0.6) is 0 Å². The molecule has 0 saturated heterocycles. The lowest BCUT2D eigenvalue weighted by molar-refractivity contribution is -0.124. The van der Waals surface area contributed by atoms with Gasteiger partial charge in [0.1, 0.15) is 6.04 Å². The van der Waals surface area contributed by atoms with Crippen LogP contribution >= 0.6 is 11.6 Å². The second kappa shape index (κ2) is 4.87. The van der Waals surface area contributed by atoms with Crippen LogP contribution in [-0.2, 0) is 4.79 Å². The average Bonchev–Trinajstić information content (AvgIpc) is 2.44. The molecule has 1 unspecified atom stereocenters. The molecule has 4 nitrogen and oxygen atoms in total. The molecule has 1 N–H and O–H groups in total. The molecule has 0 radical (unpaired) electrons. The highest BCUT2D eigenvalue weighted by molar-refractivity contribution is 6.31. The van der Waals surface area contributed by atoms with E-state index in [0.717, 1.165) is 11.4 Å². The van der Waals surface area contributed by atoms with Crippen molar-refractivity contribution in [1.29, 1.82) is 0 Å². The number of aromatic nitrogens is 2. The van der Waals surface area contributed by atoms with Crippen LogP contribution in [0.2, 0.25) is 5.02 Å². The maximum absolute atomic E-state index is 11.8. The van der Waals surface area contributed by atoms with Crippen molar-refractivity contribution in [2.45, 2.75) is 46.7 Å². The van der Waals surface area contributed by atoms with Gasteiger partial charge in [0.15, 0.2) is 0 Å². The zero-order chi connectivity index (χ0) is 12.5. The summed E-state index contributed by atoms with van der Waals surface area (Å²) in [4.78, 5) is 11.8. The van der Waals surface area contributed by atoms with Crippen molar-refractivity contribution in [3.63, 3.8) is 0 Å². The van der Waals surface area contributed by atoms with Crippen LogP contribution in [0.1, 0.15) is 38.2 Å². The van der Waals surface area contributed by atoms with Gasteiger partial charge in [-0.25, -0.2) is 0 Å². The van der Waals surface area contributed by atoms with Gasteiger partial charge in [-0.3, -0.25) is 9.48 Å². The Hall–Kier alpha value is -1.03. The lowest BCUT2D eigenvalue weighted by Crippen LogP contribution is -2.36. The predicted molar refractivity (Wildman–Crippen MR) is 64.7 cm³/mol. The number of halogens is 1. The zero-order valence-corrected chi connectivity index (χ0v) is 11.1. The van der Waals surface area contributed by atoms with E-state index in [4.69, 9.17) is 11.6 Å². The topological polar surface area (TPSA) is 46.9 Å². The monoisotopic (exact) mass is 243 g/mol. The summed E-state index contributed by atoms with van der Waals surface area (Å²) in [5.74, 6) is -0.0442. The van der Waals surface area contributed by atoms with E-state index in [1.165, 1.54) is 0 Å². The SMILES string of the molecule is Cc1nn(C(C)C(=O)NC(C)C)c(C)c1Cl. The minimum absolute atomic E-state index is 0.0442. The summed E-state index contributed by atoms with van der Waals surface area (Å²) in [5.41, 5.74) is 1.58. The zero-order valence-electron chi connectivity index (χ0n) is 10.3. The molecule has 1 amide bonds. The third kappa shape index (κ3) is 2.55. The van der Waals surface area contributed by atoms with Crippen LogP contribution in [0.4, 0.5) is 0 Å². The van der Waals surface area contributed by atoms with Crippen molar-refractivity contribution in [2.24, 2.45) is 0 Å². The van der Waals surface area contributed by atoms with Gasteiger partial charge >= 0.3 is 0 Å². The van der Waals surface area contributed by atoms with E-state index < -0.39 is 0 Å². The first-order valence-electron chi connectivity index (χ1n) is 5.36. The first-order chi connectivity index (χ1) is 7.34. The first kappa shape index (κ1) is 13.0. The molecule has 0 aliphatic heterocycles. The van der Waals surface area contributed by atoms with Crippen molar-refractivity contribution in [3.05, 3.63) is 16.4 Å². The van der Waals surface area contributed by atoms with Gasteiger partial charge in [-0.1, -0.05) is 11.6 Å². The van der Waals surface area contributed by atoms with Gasteiger partial charge in [0, 0.05) is 6.04 Å². The van der Waals surface area contributed by atoms with Crippen LogP contribution in [0.25, 0.3) is 0 Å². The molecule has 0 aromatic carbocycles. The van der Waals surface area contributed by atoms with E-state index in [0.29, 0.717) is 5.02 Å². The van der Waals surface area contributed by atoms with Crippen molar-refractivity contribution >= 4 is 17.5 Å². The Bertz CT molecular complexity index is 398. The molecule has 1 aromatic rings. The summed E-state index contributed by atoms with van der Waals surface area (Å²) < 4.78 is 1.66. The molecule has 90 valence electrons. The molecule has 16 heavy (non-hydrogen) atoms. The number of carbonyl (C=O) groups is 1. The van der Waals surface area contributed by atoms with E-state index in [1.807, 2.05) is 34.6 Å². The largest absolute Gasteiger partial charge is 0.352 e. The van der Waals surface area contributed by atoms with Crippen molar-refractivity contribution in [3.8, 4) is 0 Å². The Labute approximate surface area is 101 Å². The number of hydrogen-bond donors (Lipinski definition) is 1. The van der Waals surface area contributed by atoms with E-state index in [-0.39, 0.29) is 18.0 Å². The van der Waals surface area contributed by atoms with Crippen LogP contribution < -0.4 is 5.32 Å². The van der Waals surface area contributed by atoms with Gasteiger partial charge in [-0.05, 0) is 34.6 Å². The van der Waals surface area contributed by atoms with Crippen LogP contribution in [0.15, 0.2) is 0 Å². The second-order valence-electron chi connectivity index (χ2n) is 4.27. The van der Waals surface area contributed by atoms with E-state index in [2.05, 4.69) is 10.4 Å². The quantitative estimate of drug-likeness (QED) is 0.885. The smallest absolute Gasteiger partial charge is 0.244 e. The fourth-order valence-electron chi connectivity index (χ4n) is 1.54. The standard InChI is InChI=1S/C11H18ClN3O/c1-6(2)13-11(16)9(5)15-8(4)10(12)7(3)14-15/h6,9H,1-5H3,(H,13,16). The lowest BCUT2D eigenvalue weighted by Gasteiger charge is -2.16. The molecular formula is C11H18ClN3O. The third-order valence-corrected chi connectivity index (χ3v) is 2.96. The Morgan fingerprint density at radius 3 is 2.31 bits per heavy atom. The predicted octanol–water partition coefficient (Wildman–Crippen LogP) is 2.24. The summed E-state index contributed by atoms with van der Waals surface area (Å²) in [6, 6.07) is -0.212. The second-order valence-corrected chi connectivity index (χ2v) is 4.65. The van der Waals surface area contributed by atoms with Gasteiger partial charge in [0.05, 0.1) is 16.4 Å². The fourth-order valence-corrected chi connectivity index (χ4v) is 1.66. The number of nitrogens with one attached hydrogen (secondary N) is 1. The summed E-state index contributed by atoms with van der Waals surface area (Å²) in [5, 5.41) is 7.74. The molecular weight excluding hydrogens is 226 g/mol. The molecule has 1 atom stereocenters. The van der Waals surface area contributed by atoms with E-state index in [1.54, 1.807) is 4.68 Å². The van der Waals surface area contributed by atoms with Crippen LogP contribution in [0, 0.1) is 13.8 Å². The minimum Gasteiger partial charge on any atom is -0.352 e. The Balaban J connectivity index is 2.92. The molecule has 0 fully saturated rings. The van der Waals surface area contributed by atoms with Crippen molar-refractivity contribution < 1.29 is 4.79 Å². The van der Waals surface area contributed by atoms with Gasteiger partial charge in [-0.15, -0.1) is 0 Å². The van der Waals surface area contributed by atoms with Crippen LogP contribution in [0.3, 0.4) is 0 Å². The number of carbonyl (C=O) groups excluding carboxylic acids is 1. The number of amides is 1. The normalized spacial score (nSPS) is 12.9. The third-order valence-electron chi connectivity index (χ3n) is 2.41. The molecule has 0 saturated carbocycles. The molecule has 1 rings (SSSR count). The van der Waals surface area contributed by atoms with E-state index in [9.17, 15) is 4.79 Å². The Kier molecular flexibility index (Phi) is 3.97. The molecule has 0 aliphatic rings.